The van der Waals surface area contributed by atoms with Gasteiger partial charge in [-0.3, -0.25) is 4.79 Å². The average Bonchev–Trinajstić information content (AvgIpc) is 2.93. The molecule has 4 rings (SSSR count). The third-order valence-corrected chi connectivity index (χ3v) is 6.71. The Kier molecular flexibility index (Phi) is 4.41. The monoisotopic (exact) mass is 406 g/mol. The fourth-order valence-electron chi connectivity index (χ4n) is 3.13. The molecule has 9 heteroatoms. The zero-order valence-electron chi connectivity index (χ0n) is 14.0. The molecule has 27 heavy (non-hydrogen) atoms. The maximum Gasteiger partial charge on any atom is 0.417 e. The Hall–Kier alpha value is -2.42. The van der Waals surface area contributed by atoms with Crippen molar-refractivity contribution in [1.29, 1.82) is 0 Å². The van der Waals surface area contributed by atoms with Gasteiger partial charge in [-0.15, -0.1) is 0 Å². The van der Waals surface area contributed by atoms with Gasteiger partial charge >= 0.3 is 6.09 Å². The van der Waals surface area contributed by atoms with Crippen LogP contribution in [0.25, 0.3) is 11.1 Å². The normalized spacial score (nSPS) is 18.5. The van der Waals surface area contributed by atoms with E-state index in [0.717, 1.165) is 16.0 Å². The molecule has 2 amide bonds. The molecule has 0 unspecified atom stereocenters. The number of cyclic esters (lactones) is 1. The highest BCUT2D eigenvalue weighted by Gasteiger charge is 2.46. The summed E-state index contributed by atoms with van der Waals surface area (Å²) in [5.74, 6) is -0.437. The Labute approximate surface area is 161 Å². The minimum Gasteiger partial charge on any atom is -0.439 e. The molecule has 2 fully saturated rings. The molecule has 2 heterocycles. The van der Waals surface area contributed by atoms with E-state index in [1.807, 2.05) is 12.1 Å². The Morgan fingerprint density at radius 3 is 2.30 bits per heavy atom. The van der Waals surface area contributed by atoms with Crippen molar-refractivity contribution in [3.05, 3.63) is 53.6 Å². The fourth-order valence-corrected chi connectivity index (χ4v) is 4.83. The third-order valence-electron chi connectivity index (χ3n) is 4.63. The Morgan fingerprint density at radius 2 is 1.70 bits per heavy atom. The number of nitrogens with zero attached hydrogens (tertiary/aromatic N) is 2. The van der Waals surface area contributed by atoms with Crippen LogP contribution in [0.2, 0.25) is 5.02 Å². The van der Waals surface area contributed by atoms with Gasteiger partial charge in [0.1, 0.15) is 0 Å². The van der Waals surface area contributed by atoms with Crippen LogP contribution < -0.4 is 0 Å². The van der Waals surface area contributed by atoms with Crippen molar-refractivity contribution in [3.8, 4) is 11.1 Å². The summed E-state index contributed by atoms with van der Waals surface area (Å²) in [6.45, 7) is -0.147. The first-order valence-electron chi connectivity index (χ1n) is 8.21. The Balaban J connectivity index is 1.48. The van der Waals surface area contributed by atoms with Gasteiger partial charge in [0.15, 0.2) is 6.61 Å². The van der Waals surface area contributed by atoms with Gasteiger partial charge in [0.2, 0.25) is 10.0 Å². The van der Waals surface area contributed by atoms with Gasteiger partial charge in [0.25, 0.3) is 5.91 Å². The van der Waals surface area contributed by atoms with E-state index in [1.165, 1.54) is 16.4 Å². The summed E-state index contributed by atoms with van der Waals surface area (Å²) in [4.78, 5) is 24.3. The summed E-state index contributed by atoms with van der Waals surface area (Å²) >= 11 is 5.99. The molecule has 140 valence electrons. The summed E-state index contributed by atoms with van der Waals surface area (Å²) in [6, 6.07) is 13.3. The Bertz CT molecular complexity index is 1000. The molecule has 0 atom stereocenters. The van der Waals surface area contributed by atoms with Gasteiger partial charge in [-0.25, -0.2) is 18.1 Å². The highest BCUT2D eigenvalue weighted by Crippen LogP contribution is 2.28. The number of halogens is 1. The number of rotatable bonds is 4. The predicted octanol–water partition coefficient (Wildman–Crippen LogP) is 2.36. The predicted molar refractivity (Wildman–Crippen MR) is 97.6 cm³/mol. The second-order valence-electron chi connectivity index (χ2n) is 6.33. The van der Waals surface area contributed by atoms with E-state index in [1.54, 1.807) is 24.3 Å². The van der Waals surface area contributed by atoms with Crippen LogP contribution in [-0.2, 0) is 19.6 Å². The average molecular weight is 407 g/mol. The van der Waals surface area contributed by atoms with Crippen LogP contribution in [0.4, 0.5) is 4.79 Å². The molecule has 0 aliphatic carbocycles. The van der Waals surface area contributed by atoms with Crippen molar-refractivity contribution in [1.82, 2.24) is 9.21 Å². The maximum absolute atomic E-state index is 12.7. The minimum absolute atomic E-state index is 0.0687. The highest BCUT2D eigenvalue weighted by molar-refractivity contribution is 7.89. The van der Waals surface area contributed by atoms with Crippen molar-refractivity contribution in [2.24, 2.45) is 0 Å². The molecule has 0 N–H and O–H groups in total. The molecule has 2 aliphatic heterocycles. The molecular weight excluding hydrogens is 392 g/mol. The molecule has 0 saturated carbocycles. The molecule has 2 aromatic rings. The van der Waals surface area contributed by atoms with Crippen molar-refractivity contribution in [2.45, 2.75) is 10.9 Å². The molecule has 2 aliphatic rings. The first-order chi connectivity index (χ1) is 12.9. The summed E-state index contributed by atoms with van der Waals surface area (Å²) in [6.07, 6.45) is -0.715. The molecule has 2 saturated heterocycles. The number of hydrogen-bond acceptors (Lipinski definition) is 5. The summed E-state index contributed by atoms with van der Waals surface area (Å²) in [5, 5.41) is 0.603. The number of hydrogen-bond donors (Lipinski definition) is 0. The van der Waals surface area contributed by atoms with E-state index in [0.29, 0.717) is 5.02 Å². The highest BCUT2D eigenvalue weighted by atomic mass is 35.5. The molecular formula is C18H15ClN2O5S. The van der Waals surface area contributed by atoms with Crippen molar-refractivity contribution >= 4 is 33.6 Å². The fraction of sp³-hybridized carbons (Fsp3) is 0.222. The van der Waals surface area contributed by atoms with Gasteiger partial charge in [0, 0.05) is 18.1 Å². The Morgan fingerprint density at radius 1 is 1.00 bits per heavy atom. The summed E-state index contributed by atoms with van der Waals surface area (Å²) in [7, 11) is -3.69. The number of sulfonamides is 1. The summed E-state index contributed by atoms with van der Waals surface area (Å²) in [5.41, 5.74) is 1.74. The number of ether oxygens (including phenoxy) is 1. The van der Waals surface area contributed by atoms with Crippen LogP contribution in [-0.4, -0.2) is 55.4 Å². The number of amides is 2. The number of imide groups is 1. The summed E-state index contributed by atoms with van der Waals surface area (Å²) < 4.78 is 31.4. The second kappa shape index (κ2) is 6.63. The molecule has 0 aromatic heterocycles. The van der Waals surface area contributed by atoms with Crippen molar-refractivity contribution in [2.75, 3.05) is 19.7 Å². The smallest absolute Gasteiger partial charge is 0.417 e. The SMILES string of the molecule is O=C1COC(=O)N1C1CN(S(=O)(=O)c2ccc(-c3cccc(Cl)c3)cc2)C1. The lowest BCUT2D eigenvalue weighted by Gasteiger charge is -2.40. The maximum atomic E-state index is 12.7. The second-order valence-corrected chi connectivity index (χ2v) is 8.70. The largest absolute Gasteiger partial charge is 0.439 e. The van der Waals surface area contributed by atoms with Crippen LogP contribution in [0.1, 0.15) is 0 Å². The topological polar surface area (TPSA) is 84.0 Å². The van der Waals surface area contributed by atoms with Crippen LogP contribution in [0.3, 0.4) is 0 Å². The van der Waals surface area contributed by atoms with E-state index in [2.05, 4.69) is 4.74 Å². The van der Waals surface area contributed by atoms with Crippen LogP contribution >= 0.6 is 11.6 Å². The van der Waals surface area contributed by atoms with Crippen LogP contribution in [0, 0.1) is 0 Å². The van der Waals surface area contributed by atoms with Gasteiger partial charge in [-0.05, 0) is 35.4 Å². The van der Waals surface area contributed by atoms with Gasteiger partial charge < -0.3 is 4.74 Å². The van der Waals surface area contributed by atoms with Crippen molar-refractivity contribution < 1.29 is 22.7 Å². The first kappa shape index (κ1) is 18.0. The van der Waals surface area contributed by atoms with Crippen LogP contribution in [0.15, 0.2) is 53.4 Å². The molecule has 7 nitrogen and oxygen atoms in total. The van der Waals surface area contributed by atoms with Crippen LogP contribution in [0.5, 0.6) is 0 Å². The lowest BCUT2D eigenvalue weighted by atomic mass is 10.1. The lowest BCUT2D eigenvalue weighted by Crippen LogP contribution is -2.62. The molecule has 0 spiro atoms. The van der Waals surface area contributed by atoms with Crippen molar-refractivity contribution in [3.63, 3.8) is 0 Å². The molecule has 0 bridgehead atoms. The zero-order valence-corrected chi connectivity index (χ0v) is 15.6. The number of carbonyl (C=O) groups is 2. The number of carbonyl (C=O) groups excluding carboxylic acids is 2. The third kappa shape index (κ3) is 3.20. The van der Waals surface area contributed by atoms with E-state index in [-0.39, 0.29) is 24.6 Å². The number of benzene rings is 2. The van der Waals surface area contributed by atoms with Gasteiger partial charge in [0.05, 0.1) is 10.9 Å². The van der Waals surface area contributed by atoms with E-state index < -0.39 is 28.1 Å². The van der Waals surface area contributed by atoms with Gasteiger partial charge in [-0.1, -0.05) is 35.9 Å². The van der Waals surface area contributed by atoms with E-state index >= 15 is 0 Å². The quantitative estimate of drug-likeness (QED) is 0.778. The lowest BCUT2D eigenvalue weighted by molar-refractivity contribution is -0.128. The molecule has 0 radical (unpaired) electrons. The van der Waals surface area contributed by atoms with E-state index in [4.69, 9.17) is 11.6 Å². The zero-order chi connectivity index (χ0) is 19.2. The molecule has 2 aromatic carbocycles. The standard InChI is InChI=1S/C18H15ClN2O5S/c19-14-3-1-2-13(8-14)12-4-6-16(7-5-12)27(24,25)20-9-15(10-20)21-17(22)11-26-18(21)23/h1-8,15H,9-11H2. The van der Waals surface area contributed by atoms with E-state index in [9.17, 15) is 18.0 Å². The van der Waals surface area contributed by atoms with Gasteiger partial charge in [-0.2, -0.15) is 4.31 Å². The first-order valence-corrected chi connectivity index (χ1v) is 10.0. The minimum atomic E-state index is -3.69.